The van der Waals surface area contributed by atoms with Gasteiger partial charge in [-0.3, -0.25) is 0 Å². The van der Waals surface area contributed by atoms with Crippen molar-refractivity contribution in [1.82, 2.24) is 15.1 Å². The van der Waals surface area contributed by atoms with Crippen LogP contribution in [0.15, 0.2) is 34.2 Å². The molecule has 1 aromatic carbocycles. The molecule has 1 saturated carbocycles. The van der Waals surface area contributed by atoms with Gasteiger partial charge in [0.1, 0.15) is 12.4 Å². The largest absolute Gasteiger partial charge is 0.487 e. The van der Waals surface area contributed by atoms with Gasteiger partial charge in [0.15, 0.2) is 5.82 Å². The first-order chi connectivity index (χ1) is 12.6. The van der Waals surface area contributed by atoms with Crippen LogP contribution in [0.5, 0.6) is 5.75 Å². The van der Waals surface area contributed by atoms with Crippen molar-refractivity contribution >= 4 is 35.9 Å². The van der Waals surface area contributed by atoms with E-state index in [9.17, 15) is 0 Å². The van der Waals surface area contributed by atoms with Crippen LogP contribution in [0.1, 0.15) is 47.2 Å². The first-order valence-electron chi connectivity index (χ1n) is 8.56. The monoisotopic (exact) mass is 404 g/mol. The third-order valence-electron chi connectivity index (χ3n) is 4.46. The summed E-state index contributed by atoms with van der Waals surface area (Å²) < 4.78 is 11.1. The summed E-state index contributed by atoms with van der Waals surface area (Å²) in [7, 11) is 0. The molecule has 6 nitrogen and oxygen atoms in total. The van der Waals surface area contributed by atoms with E-state index in [1.54, 1.807) is 17.4 Å². The molecular weight excluding hydrogens is 384 g/mol. The van der Waals surface area contributed by atoms with E-state index < -0.39 is 5.54 Å². The quantitative estimate of drug-likeness (QED) is 0.657. The fourth-order valence-electron chi connectivity index (χ4n) is 2.79. The fourth-order valence-corrected chi connectivity index (χ4v) is 3.39. The molecule has 0 amide bonds. The van der Waals surface area contributed by atoms with Crippen molar-refractivity contribution in [3.63, 3.8) is 0 Å². The van der Waals surface area contributed by atoms with Crippen LogP contribution >= 0.6 is 23.7 Å². The van der Waals surface area contributed by atoms with Gasteiger partial charge in [-0.2, -0.15) is 4.98 Å². The number of nitrogens with zero attached hydrogens (tertiary/aromatic N) is 3. The average molecular weight is 405 g/mol. The molecule has 0 saturated heterocycles. The van der Waals surface area contributed by atoms with Crippen LogP contribution in [-0.2, 0) is 12.1 Å². The van der Waals surface area contributed by atoms with E-state index in [-0.39, 0.29) is 12.4 Å². The normalized spacial score (nSPS) is 15.3. The van der Waals surface area contributed by atoms with Crippen molar-refractivity contribution in [3.05, 3.63) is 57.6 Å². The lowest BCUT2D eigenvalue weighted by Gasteiger charge is -2.34. The van der Waals surface area contributed by atoms with Gasteiger partial charge in [0.25, 0.3) is 5.89 Å². The van der Waals surface area contributed by atoms with Crippen LogP contribution in [-0.4, -0.2) is 15.1 Å². The number of nitrogens with two attached hydrogens (primary N) is 1. The molecule has 2 aromatic heterocycles. The summed E-state index contributed by atoms with van der Waals surface area (Å²) in [6.07, 6.45) is 6.65. The Bertz CT molecular complexity index is 933. The zero-order valence-electron chi connectivity index (χ0n) is 14.9. The number of benzene rings is 1. The van der Waals surface area contributed by atoms with E-state index in [1.165, 1.54) is 0 Å². The second-order valence-electron chi connectivity index (χ2n) is 6.52. The molecule has 2 heterocycles. The number of hydrogen-bond acceptors (Lipinski definition) is 7. The molecule has 142 valence electrons. The number of aromatic nitrogens is 3. The minimum Gasteiger partial charge on any atom is -0.487 e. The lowest BCUT2D eigenvalue weighted by molar-refractivity contribution is 0.229. The van der Waals surface area contributed by atoms with E-state index in [0.717, 1.165) is 41.3 Å². The number of halogens is 1. The summed E-state index contributed by atoms with van der Waals surface area (Å²) in [5.74, 6) is 1.85. The van der Waals surface area contributed by atoms with Crippen molar-refractivity contribution < 1.29 is 9.26 Å². The van der Waals surface area contributed by atoms with Crippen LogP contribution < -0.4 is 10.5 Å². The maximum absolute atomic E-state index is 6.22. The Hall–Kier alpha value is -2.22. The zero-order chi connectivity index (χ0) is 18.0. The van der Waals surface area contributed by atoms with Crippen molar-refractivity contribution in [2.45, 2.75) is 38.3 Å². The Balaban J connectivity index is 0.00000210. The second kappa shape index (κ2) is 8.21. The fraction of sp³-hybridized carbons (Fsp3) is 0.316. The van der Waals surface area contributed by atoms with Crippen LogP contribution in [0.2, 0.25) is 0 Å². The van der Waals surface area contributed by atoms with Gasteiger partial charge in [0.2, 0.25) is 0 Å². The number of aryl methyl sites for hydroxylation is 1. The van der Waals surface area contributed by atoms with Crippen molar-refractivity contribution in [2.75, 3.05) is 0 Å². The molecule has 0 bridgehead atoms. The first-order valence-corrected chi connectivity index (χ1v) is 9.44. The number of hydrogen-bond donors (Lipinski definition) is 1. The molecule has 2 N–H and O–H groups in total. The molecule has 3 aromatic rings. The molecule has 4 rings (SSSR count). The molecule has 8 heteroatoms. The smallest absolute Gasteiger partial charge is 0.250 e. The predicted molar refractivity (Wildman–Crippen MR) is 108 cm³/mol. The molecule has 0 unspecified atom stereocenters. The van der Waals surface area contributed by atoms with Gasteiger partial charge >= 0.3 is 0 Å². The Morgan fingerprint density at radius 2 is 2.15 bits per heavy atom. The summed E-state index contributed by atoms with van der Waals surface area (Å²) in [4.78, 5) is 8.79. The van der Waals surface area contributed by atoms with Crippen LogP contribution in [0.4, 0.5) is 0 Å². The molecule has 0 spiro atoms. The molecule has 0 atom stereocenters. The standard InChI is InChI=1S/C19H20N4O2S.ClH/c1-13-21-15(12-26-13)11-24-16-5-2-4-14(10-16)6-7-17-22-18(23-25-17)19(20)8-3-9-19;/h2,4-7,10,12H,3,8-9,11,20H2,1H3;1H/b7-6+;. The highest BCUT2D eigenvalue weighted by Gasteiger charge is 2.38. The lowest BCUT2D eigenvalue weighted by Crippen LogP contribution is -2.44. The topological polar surface area (TPSA) is 87.1 Å². The predicted octanol–water partition coefficient (Wildman–Crippen LogP) is 4.34. The highest BCUT2D eigenvalue weighted by molar-refractivity contribution is 7.09. The Morgan fingerprint density at radius 1 is 1.30 bits per heavy atom. The van der Waals surface area contributed by atoms with Crippen molar-refractivity contribution in [3.8, 4) is 5.75 Å². The van der Waals surface area contributed by atoms with Crippen LogP contribution in [0.3, 0.4) is 0 Å². The van der Waals surface area contributed by atoms with Crippen molar-refractivity contribution in [2.24, 2.45) is 5.73 Å². The zero-order valence-corrected chi connectivity index (χ0v) is 16.6. The van der Waals surface area contributed by atoms with E-state index in [2.05, 4.69) is 15.1 Å². The summed E-state index contributed by atoms with van der Waals surface area (Å²) in [5, 5.41) is 7.07. The van der Waals surface area contributed by atoms with E-state index in [1.807, 2.05) is 42.6 Å². The number of rotatable bonds is 6. The molecule has 0 aliphatic heterocycles. The number of thiazole rings is 1. The van der Waals surface area contributed by atoms with Gasteiger partial charge in [-0.25, -0.2) is 4.98 Å². The van der Waals surface area contributed by atoms with Gasteiger partial charge in [-0.15, -0.1) is 23.7 Å². The molecule has 0 radical (unpaired) electrons. The van der Waals surface area contributed by atoms with Crippen LogP contribution in [0, 0.1) is 6.92 Å². The lowest BCUT2D eigenvalue weighted by atomic mass is 9.77. The number of ether oxygens (including phenoxy) is 1. The summed E-state index contributed by atoms with van der Waals surface area (Å²) >= 11 is 1.62. The molecule has 1 fully saturated rings. The van der Waals surface area contributed by atoms with Gasteiger partial charge in [-0.1, -0.05) is 17.3 Å². The van der Waals surface area contributed by atoms with E-state index >= 15 is 0 Å². The van der Waals surface area contributed by atoms with Gasteiger partial charge in [-0.05, 0) is 50.0 Å². The summed E-state index contributed by atoms with van der Waals surface area (Å²) in [6, 6.07) is 7.83. The van der Waals surface area contributed by atoms with E-state index in [0.29, 0.717) is 18.3 Å². The average Bonchev–Trinajstić information content (AvgIpc) is 3.26. The molecule has 1 aliphatic rings. The van der Waals surface area contributed by atoms with Gasteiger partial charge in [0, 0.05) is 11.5 Å². The maximum atomic E-state index is 6.22. The Morgan fingerprint density at radius 3 is 2.85 bits per heavy atom. The van der Waals surface area contributed by atoms with Crippen molar-refractivity contribution in [1.29, 1.82) is 0 Å². The third kappa shape index (κ3) is 4.55. The molecule has 1 aliphatic carbocycles. The summed E-state index contributed by atoms with van der Waals surface area (Å²) in [6.45, 7) is 2.45. The Kier molecular flexibility index (Phi) is 5.94. The highest BCUT2D eigenvalue weighted by Crippen LogP contribution is 2.36. The van der Waals surface area contributed by atoms with E-state index in [4.69, 9.17) is 15.0 Å². The minimum absolute atomic E-state index is 0. The summed E-state index contributed by atoms with van der Waals surface area (Å²) in [5.41, 5.74) is 7.74. The first kappa shape index (κ1) is 19.5. The second-order valence-corrected chi connectivity index (χ2v) is 7.58. The minimum atomic E-state index is -0.405. The SMILES string of the molecule is Cc1nc(COc2cccc(/C=C/c3nc(C4(N)CCC4)no3)c2)cs1.Cl. The third-order valence-corrected chi connectivity index (χ3v) is 5.28. The van der Waals surface area contributed by atoms with Crippen LogP contribution in [0.25, 0.3) is 12.2 Å². The Labute approximate surface area is 167 Å². The maximum Gasteiger partial charge on any atom is 0.250 e. The highest BCUT2D eigenvalue weighted by atomic mass is 35.5. The van der Waals surface area contributed by atoms with Gasteiger partial charge in [0.05, 0.1) is 16.2 Å². The molecule has 27 heavy (non-hydrogen) atoms. The van der Waals surface area contributed by atoms with Gasteiger partial charge < -0.3 is 15.0 Å². The molecular formula is C19H21ClN4O2S.